The van der Waals surface area contributed by atoms with E-state index >= 15 is 0 Å². The van der Waals surface area contributed by atoms with Crippen LogP contribution >= 0.6 is 0 Å². The molecule has 0 unspecified atom stereocenters. The summed E-state index contributed by atoms with van der Waals surface area (Å²) in [5, 5.41) is 0. The molecule has 1 heterocycles. The second kappa shape index (κ2) is 7.45. The Balaban J connectivity index is 2.67. The molecule has 1 aliphatic heterocycles. The summed E-state index contributed by atoms with van der Waals surface area (Å²) in [5.74, 6) is 0.522. The van der Waals surface area contributed by atoms with Crippen LogP contribution in [0.25, 0.3) is 0 Å². The van der Waals surface area contributed by atoms with Gasteiger partial charge in [-0.1, -0.05) is 0 Å². The fraction of sp³-hybridized carbons (Fsp3) is 0.706. The van der Waals surface area contributed by atoms with Crippen LogP contribution in [0.1, 0.15) is 53.4 Å². The Bertz CT molecular complexity index is 348. The molecule has 1 fully saturated rings. The molecule has 0 aromatic rings. The van der Waals surface area contributed by atoms with E-state index in [1.165, 1.54) is 42.5 Å². The average molecular weight is 326 g/mol. The van der Waals surface area contributed by atoms with Crippen molar-refractivity contribution in [3.05, 3.63) is 24.3 Å². The Morgan fingerprint density at radius 1 is 1.37 bits per heavy atom. The van der Waals surface area contributed by atoms with Crippen LogP contribution in [-0.2, 0) is 0 Å². The third-order valence-electron chi connectivity index (χ3n) is 4.48. The molecule has 2 heteroatoms. The maximum absolute atomic E-state index is 4.09. The van der Waals surface area contributed by atoms with Gasteiger partial charge in [-0.2, -0.15) is 0 Å². The summed E-state index contributed by atoms with van der Waals surface area (Å²) in [6.45, 7) is 15.6. The van der Waals surface area contributed by atoms with Gasteiger partial charge < -0.3 is 0 Å². The summed E-state index contributed by atoms with van der Waals surface area (Å²) in [7, 11) is 0. The Morgan fingerprint density at radius 3 is 2.42 bits per heavy atom. The first-order chi connectivity index (χ1) is 8.90. The van der Waals surface area contributed by atoms with Crippen LogP contribution in [0.15, 0.2) is 24.3 Å². The van der Waals surface area contributed by atoms with Crippen LogP contribution in [0.4, 0.5) is 0 Å². The monoisotopic (exact) mass is 327 g/mol. The van der Waals surface area contributed by atoms with Gasteiger partial charge in [-0.25, -0.2) is 0 Å². The molecular weight excluding hydrogens is 297 g/mol. The Hall–Kier alpha value is -0.331. The molecule has 0 bridgehead atoms. The molecule has 19 heavy (non-hydrogen) atoms. The molecule has 0 saturated carbocycles. The van der Waals surface area contributed by atoms with E-state index < -0.39 is 0 Å². The van der Waals surface area contributed by atoms with E-state index in [4.69, 9.17) is 0 Å². The predicted molar refractivity (Wildman–Crippen MR) is 87.7 cm³/mol. The summed E-state index contributed by atoms with van der Waals surface area (Å²) in [6, 6.07) is 0. The minimum absolute atomic E-state index is 0.176. The Morgan fingerprint density at radius 2 is 1.95 bits per heavy atom. The van der Waals surface area contributed by atoms with E-state index in [2.05, 4.69) is 66.9 Å². The van der Waals surface area contributed by atoms with Crippen molar-refractivity contribution in [2.45, 2.75) is 53.4 Å². The van der Waals surface area contributed by atoms with Crippen molar-refractivity contribution in [2.24, 2.45) is 11.3 Å². The van der Waals surface area contributed by atoms with Crippen molar-refractivity contribution in [1.82, 2.24) is 4.90 Å². The first kappa shape index (κ1) is 16.7. The van der Waals surface area contributed by atoms with E-state index in [1.807, 2.05) is 0 Å². The van der Waals surface area contributed by atoms with Crippen LogP contribution in [0.5, 0.6) is 0 Å². The molecule has 0 aromatic heterocycles. The summed E-state index contributed by atoms with van der Waals surface area (Å²) in [5.41, 5.74) is 1.58. The van der Waals surface area contributed by atoms with E-state index in [-0.39, 0.29) is 5.41 Å². The van der Waals surface area contributed by atoms with Gasteiger partial charge in [-0.3, -0.25) is 0 Å². The van der Waals surface area contributed by atoms with Gasteiger partial charge in [0.05, 0.1) is 0 Å². The quantitative estimate of drug-likeness (QED) is 0.506. The fourth-order valence-electron chi connectivity index (χ4n) is 2.66. The number of likely N-dealkylation sites (tertiary alicyclic amines) is 1. The van der Waals surface area contributed by atoms with Gasteiger partial charge in [0.25, 0.3) is 0 Å². The summed E-state index contributed by atoms with van der Waals surface area (Å²) < 4.78 is 1.43. The predicted octanol–water partition coefficient (Wildman–Crippen LogP) is 3.96. The molecule has 2 atom stereocenters. The van der Waals surface area contributed by atoms with Gasteiger partial charge in [0.15, 0.2) is 0 Å². The second-order valence-corrected chi connectivity index (χ2v) is 7.16. The van der Waals surface area contributed by atoms with Crippen LogP contribution in [0, 0.1) is 11.3 Å². The van der Waals surface area contributed by atoms with Crippen molar-refractivity contribution in [1.29, 1.82) is 0 Å². The normalized spacial score (nSPS) is 19.7. The molecule has 0 aromatic carbocycles. The molecule has 0 amide bonds. The Kier molecular flexibility index (Phi) is 6.56. The third-order valence-corrected chi connectivity index (χ3v) is 5.76. The second-order valence-electron chi connectivity index (χ2n) is 6.28. The van der Waals surface area contributed by atoms with Crippen molar-refractivity contribution >= 4 is 20.1 Å². The van der Waals surface area contributed by atoms with Gasteiger partial charge in [0, 0.05) is 0 Å². The first-order valence-corrected chi connectivity index (χ1v) is 8.32. The van der Waals surface area contributed by atoms with Crippen LogP contribution in [-0.4, -0.2) is 38.1 Å². The number of rotatable bonds is 7. The van der Waals surface area contributed by atoms with Crippen molar-refractivity contribution in [3.63, 3.8) is 0 Å². The molecular formula is C17H29NSe. The van der Waals surface area contributed by atoms with Gasteiger partial charge in [-0.05, 0) is 0 Å². The zero-order valence-electron chi connectivity index (χ0n) is 13.0. The molecule has 0 N–H and O–H groups in total. The van der Waals surface area contributed by atoms with Crippen LogP contribution < -0.4 is 0 Å². The van der Waals surface area contributed by atoms with E-state index in [0.717, 1.165) is 6.42 Å². The van der Waals surface area contributed by atoms with E-state index in [1.54, 1.807) is 0 Å². The van der Waals surface area contributed by atoms with Gasteiger partial charge in [0.2, 0.25) is 0 Å². The Labute approximate surface area is 127 Å². The molecule has 1 rings (SSSR count). The average Bonchev–Trinajstić information content (AvgIpc) is 2.90. The van der Waals surface area contributed by atoms with Gasteiger partial charge in [0.1, 0.15) is 0 Å². The van der Waals surface area contributed by atoms with E-state index in [9.17, 15) is 0 Å². The molecule has 0 spiro atoms. The third kappa shape index (κ3) is 4.61. The summed E-state index contributed by atoms with van der Waals surface area (Å²) in [4.78, 5) is 2.52. The minimum atomic E-state index is 0.176. The van der Waals surface area contributed by atoms with E-state index in [0.29, 0.717) is 5.92 Å². The van der Waals surface area contributed by atoms with Crippen molar-refractivity contribution in [2.75, 3.05) is 13.1 Å². The molecule has 108 valence electrons. The zero-order valence-corrected chi connectivity index (χ0v) is 14.8. The van der Waals surface area contributed by atoms with Crippen LogP contribution in [0.2, 0.25) is 0 Å². The van der Waals surface area contributed by atoms with Crippen molar-refractivity contribution < 1.29 is 0 Å². The molecule has 0 radical (unpaired) electrons. The topological polar surface area (TPSA) is 3.24 Å². The molecule has 1 saturated heterocycles. The van der Waals surface area contributed by atoms with Gasteiger partial charge >= 0.3 is 127 Å². The van der Waals surface area contributed by atoms with Crippen molar-refractivity contribution in [3.8, 4) is 0 Å². The number of hydrogen-bond donors (Lipinski definition) is 0. The molecule has 1 aliphatic rings. The fourth-order valence-corrected chi connectivity index (χ4v) is 3.61. The standard InChI is InChI=1S/C17H29NSe/c1-6-17(5,11-9-10-14(2)3)15(4)16(19)18-12-7-8-13-18/h6,10,15H,1,7-9,11-13H2,2-5H3/t15-,17-/m1/s1. The summed E-state index contributed by atoms with van der Waals surface area (Å²) >= 11 is 3.34. The number of nitrogens with zero attached hydrogens (tertiary/aromatic N) is 1. The van der Waals surface area contributed by atoms with Gasteiger partial charge in [-0.15, -0.1) is 0 Å². The zero-order chi connectivity index (χ0) is 14.5. The number of allylic oxidation sites excluding steroid dienone is 3. The molecule has 1 nitrogen and oxygen atoms in total. The molecule has 0 aliphatic carbocycles. The first-order valence-electron chi connectivity index (χ1n) is 7.46. The summed E-state index contributed by atoms with van der Waals surface area (Å²) in [6.07, 6.45) is 9.47. The number of hydrogen-bond acceptors (Lipinski definition) is 1. The van der Waals surface area contributed by atoms with Crippen LogP contribution in [0.3, 0.4) is 0 Å². The SMILES string of the molecule is C=C[C@](C)(CCC=C(C)C)[C@H](C)C(=[Se])N1CCCC1. The maximum atomic E-state index is 4.09.